The summed E-state index contributed by atoms with van der Waals surface area (Å²) in [6.45, 7) is 1.26. The molecule has 0 aliphatic carbocycles. The molecule has 2 rings (SSSR count). The van der Waals surface area contributed by atoms with Crippen LogP contribution in [0.3, 0.4) is 0 Å². The zero-order valence-electron chi connectivity index (χ0n) is 8.58. The molecule has 1 unspecified atom stereocenters. The van der Waals surface area contributed by atoms with Gasteiger partial charge in [0.2, 0.25) is 0 Å². The van der Waals surface area contributed by atoms with Gasteiger partial charge < -0.3 is 9.84 Å². The summed E-state index contributed by atoms with van der Waals surface area (Å²) >= 11 is 0. The molecule has 0 amide bonds. The fourth-order valence-electron chi connectivity index (χ4n) is 1.98. The van der Waals surface area contributed by atoms with Gasteiger partial charge in [0, 0.05) is 19.6 Å². The maximum atomic E-state index is 12.8. The Labute approximate surface area is 88.7 Å². The molecule has 1 heterocycles. The number of hydrogen-bond donors (Lipinski definition) is 1. The van der Waals surface area contributed by atoms with Crippen molar-refractivity contribution in [2.75, 3.05) is 13.2 Å². The molecular weight excluding hydrogens is 195 g/mol. The van der Waals surface area contributed by atoms with Gasteiger partial charge >= 0.3 is 0 Å². The lowest BCUT2D eigenvalue weighted by Gasteiger charge is -2.26. The van der Waals surface area contributed by atoms with Crippen LogP contribution in [0.25, 0.3) is 0 Å². The molecule has 1 fully saturated rings. The summed E-state index contributed by atoms with van der Waals surface area (Å²) in [5.74, 6) is -0.271. The summed E-state index contributed by atoms with van der Waals surface area (Å²) in [6.07, 6.45) is 2.10. The molecule has 1 aliphatic heterocycles. The summed E-state index contributed by atoms with van der Waals surface area (Å²) in [5.41, 5.74) is -0.0566. The van der Waals surface area contributed by atoms with Gasteiger partial charge in [0.15, 0.2) is 0 Å². The minimum absolute atomic E-state index is 0.271. The SMILES string of the molecule is OC1(c2ccc(F)cc2)CCCOCC1. The maximum Gasteiger partial charge on any atom is 0.123 e. The normalized spacial score (nSPS) is 27.3. The van der Waals surface area contributed by atoms with Gasteiger partial charge in [-0.3, -0.25) is 0 Å². The maximum absolute atomic E-state index is 12.8. The Hall–Kier alpha value is -0.930. The van der Waals surface area contributed by atoms with E-state index >= 15 is 0 Å². The average molecular weight is 210 g/mol. The predicted molar refractivity (Wildman–Crippen MR) is 55.0 cm³/mol. The van der Waals surface area contributed by atoms with Crippen molar-refractivity contribution in [3.8, 4) is 0 Å². The van der Waals surface area contributed by atoms with E-state index in [-0.39, 0.29) is 5.82 Å². The Kier molecular flexibility index (Phi) is 3.03. The van der Waals surface area contributed by atoms with Gasteiger partial charge in [-0.2, -0.15) is 0 Å². The Morgan fingerprint density at radius 3 is 2.60 bits per heavy atom. The standard InChI is InChI=1S/C12H15FO2/c13-11-4-2-10(3-5-11)12(14)6-1-8-15-9-7-12/h2-5,14H,1,6-9H2. The van der Waals surface area contributed by atoms with Crippen molar-refractivity contribution in [2.24, 2.45) is 0 Å². The smallest absolute Gasteiger partial charge is 0.123 e. The summed E-state index contributed by atoms with van der Waals surface area (Å²) in [6, 6.07) is 6.08. The highest BCUT2D eigenvalue weighted by atomic mass is 19.1. The fourth-order valence-corrected chi connectivity index (χ4v) is 1.98. The van der Waals surface area contributed by atoms with E-state index in [4.69, 9.17) is 4.74 Å². The molecule has 1 atom stereocenters. The molecule has 1 aliphatic rings. The first-order valence-corrected chi connectivity index (χ1v) is 5.27. The highest BCUT2D eigenvalue weighted by molar-refractivity contribution is 5.23. The summed E-state index contributed by atoms with van der Waals surface area (Å²) in [7, 11) is 0. The van der Waals surface area contributed by atoms with E-state index in [1.54, 1.807) is 12.1 Å². The van der Waals surface area contributed by atoms with Crippen LogP contribution < -0.4 is 0 Å². The van der Waals surface area contributed by atoms with Gasteiger partial charge in [0.1, 0.15) is 5.82 Å². The van der Waals surface area contributed by atoms with E-state index < -0.39 is 5.60 Å². The van der Waals surface area contributed by atoms with Crippen molar-refractivity contribution in [1.82, 2.24) is 0 Å². The first kappa shape index (κ1) is 10.6. The van der Waals surface area contributed by atoms with Crippen molar-refractivity contribution in [3.63, 3.8) is 0 Å². The number of benzene rings is 1. The third-order valence-corrected chi connectivity index (χ3v) is 2.92. The van der Waals surface area contributed by atoms with Crippen molar-refractivity contribution < 1.29 is 14.2 Å². The van der Waals surface area contributed by atoms with Crippen molar-refractivity contribution in [2.45, 2.75) is 24.9 Å². The van der Waals surface area contributed by atoms with Crippen LogP contribution in [-0.4, -0.2) is 18.3 Å². The van der Waals surface area contributed by atoms with Crippen LogP contribution in [0.5, 0.6) is 0 Å². The third-order valence-electron chi connectivity index (χ3n) is 2.92. The molecule has 3 heteroatoms. The Balaban J connectivity index is 2.22. The Morgan fingerprint density at radius 1 is 1.13 bits per heavy atom. The number of rotatable bonds is 1. The monoisotopic (exact) mass is 210 g/mol. The average Bonchev–Trinajstić information content (AvgIpc) is 2.45. The number of hydrogen-bond acceptors (Lipinski definition) is 2. The largest absolute Gasteiger partial charge is 0.385 e. The molecular formula is C12H15FO2. The first-order chi connectivity index (χ1) is 7.21. The predicted octanol–water partition coefficient (Wildman–Crippen LogP) is 2.21. The van der Waals surface area contributed by atoms with E-state index in [2.05, 4.69) is 0 Å². The highest BCUT2D eigenvalue weighted by Gasteiger charge is 2.30. The molecule has 15 heavy (non-hydrogen) atoms. The lowest BCUT2D eigenvalue weighted by Crippen LogP contribution is -2.25. The Bertz CT molecular complexity index is 313. The number of halogens is 1. The second kappa shape index (κ2) is 4.29. The van der Waals surface area contributed by atoms with Gasteiger partial charge in [0.25, 0.3) is 0 Å². The molecule has 2 nitrogen and oxygen atoms in total. The van der Waals surface area contributed by atoms with Gasteiger partial charge in [0.05, 0.1) is 5.60 Å². The third kappa shape index (κ3) is 2.36. The van der Waals surface area contributed by atoms with Crippen LogP contribution in [0.15, 0.2) is 24.3 Å². The van der Waals surface area contributed by atoms with Gasteiger partial charge in [-0.25, -0.2) is 4.39 Å². The van der Waals surface area contributed by atoms with Crippen molar-refractivity contribution in [1.29, 1.82) is 0 Å². The van der Waals surface area contributed by atoms with Crippen LogP contribution in [0.2, 0.25) is 0 Å². The lowest BCUT2D eigenvalue weighted by molar-refractivity contribution is 0.0143. The van der Waals surface area contributed by atoms with E-state index in [1.807, 2.05) is 0 Å². The minimum Gasteiger partial charge on any atom is -0.385 e. The van der Waals surface area contributed by atoms with Crippen LogP contribution in [0.1, 0.15) is 24.8 Å². The minimum atomic E-state index is -0.843. The fraction of sp³-hybridized carbons (Fsp3) is 0.500. The molecule has 0 aromatic heterocycles. The number of aliphatic hydroxyl groups is 1. The molecule has 0 bridgehead atoms. The van der Waals surface area contributed by atoms with Gasteiger partial charge in [-0.1, -0.05) is 12.1 Å². The molecule has 0 radical (unpaired) electrons. The zero-order valence-corrected chi connectivity index (χ0v) is 8.58. The second-order valence-electron chi connectivity index (χ2n) is 4.00. The highest BCUT2D eigenvalue weighted by Crippen LogP contribution is 2.32. The van der Waals surface area contributed by atoms with Crippen LogP contribution in [-0.2, 0) is 10.3 Å². The van der Waals surface area contributed by atoms with Crippen LogP contribution in [0.4, 0.5) is 4.39 Å². The summed E-state index contributed by atoms with van der Waals surface area (Å²) in [4.78, 5) is 0. The van der Waals surface area contributed by atoms with Crippen molar-refractivity contribution in [3.05, 3.63) is 35.6 Å². The summed E-state index contributed by atoms with van der Waals surface area (Å²) < 4.78 is 18.1. The van der Waals surface area contributed by atoms with E-state index in [1.165, 1.54) is 12.1 Å². The first-order valence-electron chi connectivity index (χ1n) is 5.27. The molecule has 1 saturated heterocycles. The van der Waals surface area contributed by atoms with E-state index in [9.17, 15) is 9.50 Å². The molecule has 1 aromatic rings. The lowest BCUT2D eigenvalue weighted by atomic mass is 9.87. The molecule has 1 aromatic carbocycles. The second-order valence-corrected chi connectivity index (χ2v) is 4.00. The van der Waals surface area contributed by atoms with Crippen molar-refractivity contribution >= 4 is 0 Å². The topological polar surface area (TPSA) is 29.5 Å². The van der Waals surface area contributed by atoms with Crippen LogP contribution in [0, 0.1) is 5.82 Å². The quantitative estimate of drug-likeness (QED) is 0.770. The molecule has 82 valence electrons. The van der Waals surface area contributed by atoms with Crippen LogP contribution >= 0.6 is 0 Å². The number of ether oxygens (including phenoxy) is 1. The van der Waals surface area contributed by atoms with E-state index in [0.717, 1.165) is 12.0 Å². The zero-order chi connectivity index (χ0) is 10.7. The van der Waals surface area contributed by atoms with Gasteiger partial charge in [-0.05, 0) is 30.5 Å². The van der Waals surface area contributed by atoms with Gasteiger partial charge in [-0.15, -0.1) is 0 Å². The Morgan fingerprint density at radius 2 is 1.87 bits per heavy atom. The molecule has 0 spiro atoms. The van der Waals surface area contributed by atoms with E-state index in [0.29, 0.717) is 26.1 Å². The molecule has 1 N–H and O–H groups in total. The summed E-state index contributed by atoms with van der Waals surface area (Å²) in [5, 5.41) is 10.4. The molecule has 0 saturated carbocycles.